The van der Waals surface area contributed by atoms with E-state index in [2.05, 4.69) is 5.32 Å². The normalized spacial score (nSPS) is 20.8. The SMILES string of the molecule is C[C@H](O)C(=O)Nc1ccc(CN2C(=O)[C@@](O)([C@@H](C)/C=C/CC(=O)N3Cc4ccccc4C[C@H]3CO)c3cc(Cl)ccc32)cc1. The van der Waals surface area contributed by atoms with E-state index < -0.39 is 29.4 Å². The summed E-state index contributed by atoms with van der Waals surface area (Å²) in [6.45, 7) is 3.54. The van der Waals surface area contributed by atoms with E-state index in [-0.39, 0.29) is 31.5 Å². The van der Waals surface area contributed by atoms with Crippen LogP contribution in [-0.4, -0.2) is 56.7 Å². The minimum atomic E-state index is -1.91. The summed E-state index contributed by atoms with van der Waals surface area (Å²) >= 11 is 6.31. The number of halogens is 1. The summed E-state index contributed by atoms with van der Waals surface area (Å²) in [6.07, 6.45) is 2.83. The van der Waals surface area contributed by atoms with Gasteiger partial charge in [0.1, 0.15) is 6.10 Å². The van der Waals surface area contributed by atoms with Crippen molar-refractivity contribution < 1.29 is 29.7 Å². The fourth-order valence-electron chi connectivity index (χ4n) is 5.87. The Morgan fingerprint density at radius 3 is 2.48 bits per heavy atom. The molecule has 44 heavy (non-hydrogen) atoms. The predicted molar refractivity (Wildman–Crippen MR) is 168 cm³/mol. The van der Waals surface area contributed by atoms with Gasteiger partial charge in [0.05, 0.1) is 24.9 Å². The third-order valence-electron chi connectivity index (χ3n) is 8.44. The van der Waals surface area contributed by atoms with Gasteiger partial charge >= 0.3 is 0 Å². The Morgan fingerprint density at radius 2 is 1.80 bits per heavy atom. The number of benzene rings is 3. The van der Waals surface area contributed by atoms with Crippen LogP contribution in [0.4, 0.5) is 11.4 Å². The molecule has 0 fully saturated rings. The first kappa shape index (κ1) is 31.4. The van der Waals surface area contributed by atoms with E-state index >= 15 is 0 Å². The molecule has 4 atom stereocenters. The largest absolute Gasteiger partial charge is 0.394 e. The van der Waals surface area contributed by atoms with Crippen LogP contribution >= 0.6 is 11.6 Å². The van der Waals surface area contributed by atoms with Crippen LogP contribution in [0.2, 0.25) is 5.02 Å². The molecule has 0 aromatic heterocycles. The molecule has 10 heteroatoms. The number of amides is 3. The number of carbonyl (C=O) groups excluding carboxylic acids is 3. The molecule has 9 nitrogen and oxygen atoms in total. The van der Waals surface area contributed by atoms with E-state index in [4.69, 9.17) is 11.6 Å². The molecule has 0 saturated heterocycles. The van der Waals surface area contributed by atoms with Crippen molar-refractivity contribution in [1.29, 1.82) is 0 Å². The summed E-state index contributed by atoms with van der Waals surface area (Å²) in [4.78, 5) is 42.1. The zero-order valence-corrected chi connectivity index (χ0v) is 25.4. The summed E-state index contributed by atoms with van der Waals surface area (Å²) in [6, 6.07) is 19.4. The molecule has 0 unspecified atom stereocenters. The third-order valence-corrected chi connectivity index (χ3v) is 8.67. The molecule has 3 aromatic carbocycles. The monoisotopic (exact) mass is 617 g/mol. The molecule has 0 saturated carbocycles. The molecule has 2 aliphatic rings. The first-order chi connectivity index (χ1) is 21.0. The first-order valence-corrected chi connectivity index (χ1v) is 15.0. The quantitative estimate of drug-likeness (QED) is 0.269. The summed E-state index contributed by atoms with van der Waals surface area (Å²) in [5.41, 5.74) is 2.44. The minimum Gasteiger partial charge on any atom is -0.394 e. The number of nitrogens with zero attached hydrogens (tertiary/aromatic N) is 2. The Bertz CT molecular complexity index is 1590. The molecule has 5 rings (SSSR count). The lowest BCUT2D eigenvalue weighted by Gasteiger charge is -2.36. The average molecular weight is 618 g/mol. The Labute approximate surface area is 261 Å². The molecule has 0 bridgehead atoms. The zero-order valence-electron chi connectivity index (χ0n) is 24.6. The predicted octanol–water partition coefficient (Wildman–Crippen LogP) is 3.92. The summed E-state index contributed by atoms with van der Waals surface area (Å²) in [5.74, 6) is -1.89. The van der Waals surface area contributed by atoms with Crippen molar-refractivity contribution in [3.8, 4) is 0 Å². The van der Waals surface area contributed by atoms with Crippen LogP contribution in [0.1, 0.15) is 42.5 Å². The van der Waals surface area contributed by atoms with Crippen molar-refractivity contribution >= 4 is 40.7 Å². The number of aliphatic hydroxyl groups is 3. The van der Waals surface area contributed by atoms with Gasteiger partial charge in [-0.25, -0.2) is 0 Å². The number of nitrogens with one attached hydrogen (secondary N) is 1. The van der Waals surface area contributed by atoms with Gasteiger partial charge in [0.2, 0.25) is 5.91 Å². The van der Waals surface area contributed by atoms with Crippen LogP contribution in [0.5, 0.6) is 0 Å². The maximum atomic E-state index is 13.9. The van der Waals surface area contributed by atoms with E-state index in [9.17, 15) is 29.7 Å². The van der Waals surface area contributed by atoms with Gasteiger partial charge < -0.3 is 30.4 Å². The fourth-order valence-corrected chi connectivity index (χ4v) is 6.04. The number of aliphatic hydroxyl groups excluding tert-OH is 2. The topological polar surface area (TPSA) is 130 Å². The average Bonchev–Trinajstić information content (AvgIpc) is 3.22. The van der Waals surface area contributed by atoms with Gasteiger partial charge in [-0.15, -0.1) is 0 Å². The van der Waals surface area contributed by atoms with Crippen LogP contribution < -0.4 is 10.2 Å². The van der Waals surface area contributed by atoms with Gasteiger partial charge in [-0.3, -0.25) is 14.4 Å². The van der Waals surface area contributed by atoms with Gasteiger partial charge in [0, 0.05) is 35.2 Å². The number of carbonyl (C=O) groups is 3. The Hall–Kier alpha value is -4.02. The number of fused-ring (bicyclic) bond motifs is 2. The second-order valence-electron chi connectivity index (χ2n) is 11.4. The van der Waals surface area contributed by atoms with Gasteiger partial charge in [-0.05, 0) is 60.4 Å². The van der Waals surface area contributed by atoms with E-state index in [1.165, 1.54) is 11.8 Å². The first-order valence-electron chi connectivity index (χ1n) is 14.6. The van der Waals surface area contributed by atoms with Crippen molar-refractivity contribution in [1.82, 2.24) is 4.90 Å². The third kappa shape index (κ3) is 6.14. The second-order valence-corrected chi connectivity index (χ2v) is 11.9. The van der Waals surface area contributed by atoms with Crippen LogP contribution in [0.15, 0.2) is 78.9 Å². The highest BCUT2D eigenvalue weighted by atomic mass is 35.5. The summed E-state index contributed by atoms with van der Waals surface area (Å²) in [7, 11) is 0. The molecule has 4 N–H and O–H groups in total. The highest BCUT2D eigenvalue weighted by molar-refractivity contribution is 6.31. The highest BCUT2D eigenvalue weighted by Crippen LogP contribution is 2.46. The molecule has 3 amide bonds. The second kappa shape index (κ2) is 12.9. The van der Waals surface area contributed by atoms with Gasteiger partial charge in [-0.1, -0.05) is 67.1 Å². The van der Waals surface area contributed by atoms with Gasteiger partial charge in [0.25, 0.3) is 11.8 Å². The molecule has 230 valence electrons. The Morgan fingerprint density at radius 1 is 1.09 bits per heavy atom. The number of anilines is 2. The van der Waals surface area contributed by atoms with E-state index in [1.807, 2.05) is 24.3 Å². The molecule has 0 radical (unpaired) electrons. The zero-order chi connectivity index (χ0) is 31.6. The van der Waals surface area contributed by atoms with Crippen LogP contribution in [-0.2, 0) is 39.5 Å². The van der Waals surface area contributed by atoms with Crippen molar-refractivity contribution in [3.63, 3.8) is 0 Å². The highest BCUT2D eigenvalue weighted by Gasteiger charge is 2.52. The molecule has 2 aliphatic heterocycles. The fraction of sp³-hybridized carbons (Fsp3) is 0.324. The lowest BCUT2D eigenvalue weighted by Crippen LogP contribution is -2.46. The van der Waals surface area contributed by atoms with Crippen molar-refractivity contribution in [2.24, 2.45) is 5.92 Å². The van der Waals surface area contributed by atoms with Crippen molar-refractivity contribution in [2.75, 3.05) is 16.8 Å². The minimum absolute atomic E-state index is 0.0529. The van der Waals surface area contributed by atoms with E-state index in [1.54, 1.807) is 66.4 Å². The number of hydrogen-bond acceptors (Lipinski definition) is 6. The summed E-state index contributed by atoms with van der Waals surface area (Å²) < 4.78 is 0. The molecule has 0 spiro atoms. The number of rotatable bonds is 9. The molecule has 2 heterocycles. The summed E-state index contributed by atoms with van der Waals surface area (Å²) in [5, 5.41) is 34.3. The molecule has 3 aromatic rings. The lowest BCUT2D eigenvalue weighted by atomic mass is 9.83. The van der Waals surface area contributed by atoms with Gasteiger partial charge in [0.15, 0.2) is 5.60 Å². The van der Waals surface area contributed by atoms with Crippen LogP contribution in [0.3, 0.4) is 0 Å². The van der Waals surface area contributed by atoms with Crippen LogP contribution in [0, 0.1) is 5.92 Å². The van der Waals surface area contributed by atoms with Crippen molar-refractivity contribution in [3.05, 3.63) is 106 Å². The number of hydrogen-bond donors (Lipinski definition) is 4. The molecular weight excluding hydrogens is 582 g/mol. The van der Waals surface area contributed by atoms with Crippen LogP contribution in [0.25, 0.3) is 0 Å². The maximum Gasteiger partial charge on any atom is 0.264 e. The Kier molecular flexibility index (Phi) is 9.22. The van der Waals surface area contributed by atoms with E-state index in [0.717, 1.165) is 16.7 Å². The maximum absolute atomic E-state index is 13.9. The Balaban J connectivity index is 1.31. The lowest BCUT2D eigenvalue weighted by molar-refractivity contribution is -0.139. The standard InChI is InChI=1S/C34H36ClN3O6/c1-21(6-5-9-31(41)37-19-25-8-4-3-7-24(25)16-28(37)20-39)34(44)29-17-26(35)12-15-30(29)38(33(34)43)18-23-10-13-27(14-11-23)36-32(42)22(2)40/h3-8,10-15,17,21-22,28,39-40,44H,9,16,18-20H2,1-2H3,(H,36,42)/b6-5+/t21-,22-,28-,34+/m0/s1. The van der Waals surface area contributed by atoms with Gasteiger partial charge in [-0.2, -0.15) is 0 Å². The van der Waals surface area contributed by atoms with E-state index in [0.29, 0.717) is 34.9 Å². The van der Waals surface area contributed by atoms with Crippen molar-refractivity contribution in [2.45, 2.75) is 57.5 Å². The smallest absolute Gasteiger partial charge is 0.264 e. The molecular formula is C34H36ClN3O6. The molecule has 0 aliphatic carbocycles.